The lowest BCUT2D eigenvalue weighted by atomic mass is 10.3. The van der Waals surface area contributed by atoms with Crippen LogP contribution in [-0.4, -0.2) is 15.6 Å². The van der Waals surface area contributed by atoms with E-state index in [4.69, 9.17) is 0 Å². The molecule has 2 rings (SSSR count). The topological polar surface area (TPSA) is 47.2 Å². The Balaban J connectivity index is 2.35. The Morgan fingerprint density at radius 3 is 2.60 bits per heavy atom. The molecule has 0 fully saturated rings. The highest BCUT2D eigenvalue weighted by molar-refractivity contribution is 5.51. The maximum atomic E-state index is 10.0. The summed E-state index contributed by atoms with van der Waals surface area (Å²) in [6, 6.07) is 7.26. The van der Waals surface area contributed by atoms with Crippen LogP contribution in [0.25, 0.3) is 5.69 Å². The molecule has 15 heavy (non-hydrogen) atoms. The first-order valence-electron chi connectivity index (χ1n) is 4.48. The van der Waals surface area contributed by atoms with E-state index in [1.54, 1.807) is 18.5 Å². The van der Waals surface area contributed by atoms with Crippen molar-refractivity contribution in [2.75, 3.05) is 0 Å². The van der Waals surface area contributed by atoms with Gasteiger partial charge in [0.25, 0.3) is 0 Å². The highest BCUT2D eigenvalue weighted by Crippen LogP contribution is 2.15. The van der Waals surface area contributed by atoms with Crippen molar-refractivity contribution in [2.45, 2.75) is 6.92 Å². The lowest BCUT2D eigenvalue weighted by molar-refractivity contribution is 0.565. The zero-order chi connectivity index (χ0) is 10.7. The molecule has 4 nitrogen and oxygen atoms in total. The zero-order valence-corrected chi connectivity index (χ0v) is 8.21. The number of imidazole rings is 1. The minimum absolute atomic E-state index is 0.602. The predicted molar refractivity (Wildman–Crippen MR) is 56.1 cm³/mol. The van der Waals surface area contributed by atoms with Crippen molar-refractivity contribution in [3.8, 4) is 5.69 Å². The summed E-state index contributed by atoms with van der Waals surface area (Å²) in [7, 11) is 0. The van der Waals surface area contributed by atoms with Crippen molar-refractivity contribution in [1.82, 2.24) is 9.55 Å². The molecule has 0 aliphatic carbocycles. The molecule has 0 radical (unpaired) electrons. The Morgan fingerprint density at radius 2 is 2.07 bits per heavy atom. The van der Waals surface area contributed by atoms with Crippen LogP contribution in [0, 0.1) is 6.92 Å². The van der Waals surface area contributed by atoms with Crippen molar-refractivity contribution >= 4 is 11.8 Å². The summed E-state index contributed by atoms with van der Waals surface area (Å²) < 4.78 is 1.91. The second-order valence-corrected chi connectivity index (χ2v) is 3.14. The molecular formula is C11H9N3O. The van der Waals surface area contributed by atoms with E-state index in [0.717, 1.165) is 11.4 Å². The van der Waals surface area contributed by atoms with E-state index < -0.39 is 0 Å². The monoisotopic (exact) mass is 199 g/mol. The van der Waals surface area contributed by atoms with E-state index in [1.807, 2.05) is 29.8 Å². The van der Waals surface area contributed by atoms with Gasteiger partial charge in [0.05, 0.1) is 17.7 Å². The third kappa shape index (κ3) is 2.00. The zero-order valence-electron chi connectivity index (χ0n) is 8.21. The van der Waals surface area contributed by atoms with Gasteiger partial charge in [0, 0.05) is 11.9 Å². The van der Waals surface area contributed by atoms with Crippen LogP contribution in [0.5, 0.6) is 0 Å². The normalized spacial score (nSPS) is 9.67. The molecule has 0 saturated carbocycles. The fourth-order valence-electron chi connectivity index (χ4n) is 1.31. The number of rotatable bonds is 2. The number of isocyanates is 1. The SMILES string of the molecule is Cc1cn(-c2ccc(N=C=O)cc2)cn1. The first kappa shape index (κ1) is 9.37. The number of hydrogen-bond acceptors (Lipinski definition) is 3. The number of aryl methyl sites for hydroxylation is 1. The average molecular weight is 199 g/mol. The van der Waals surface area contributed by atoms with Gasteiger partial charge in [-0.2, -0.15) is 4.99 Å². The first-order valence-corrected chi connectivity index (χ1v) is 4.48. The standard InChI is InChI=1S/C11H9N3O/c1-9-6-14(7-12-9)11-4-2-10(3-5-11)13-8-15/h2-7H,1H3. The van der Waals surface area contributed by atoms with Crippen molar-refractivity contribution in [1.29, 1.82) is 0 Å². The van der Waals surface area contributed by atoms with E-state index in [1.165, 1.54) is 6.08 Å². The van der Waals surface area contributed by atoms with E-state index in [2.05, 4.69) is 9.98 Å². The smallest absolute Gasteiger partial charge is 0.240 e. The minimum Gasteiger partial charge on any atom is -0.306 e. The molecule has 0 bridgehead atoms. The summed E-state index contributed by atoms with van der Waals surface area (Å²) in [5, 5.41) is 0. The lowest BCUT2D eigenvalue weighted by Crippen LogP contribution is -1.88. The van der Waals surface area contributed by atoms with Crippen LogP contribution in [0.2, 0.25) is 0 Å². The summed E-state index contributed by atoms with van der Waals surface area (Å²) in [5.74, 6) is 0. The molecule has 1 heterocycles. The third-order valence-electron chi connectivity index (χ3n) is 2.03. The number of hydrogen-bond donors (Lipinski definition) is 0. The van der Waals surface area contributed by atoms with Gasteiger partial charge in [-0.15, -0.1) is 0 Å². The van der Waals surface area contributed by atoms with Gasteiger partial charge in [0.1, 0.15) is 0 Å². The number of benzene rings is 1. The molecule has 0 saturated heterocycles. The molecule has 0 aliphatic rings. The van der Waals surface area contributed by atoms with Gasteiger partial charge < -0.3 is 4.57 Å². The summed E-state index contributed by atoms with van der Waals surface area (Å²) in [6.45, 7) is 1.93. The summed E-state index contributed by atoms with van der Waals surface area (Å²) in [5.41, 5.74) is 2.55. The molecule has 1 aromatic carbocycles. The third-order valence-corrected chi connectivity index (χ3v) is 2.03. The molecule has 0 aliphatic heterocycles. The van der Waals surface area contributed by atoms with Crippen molar-refractivity contribution in [3.05, 3.63) is 42.5 Å². The fraction of sp³-hybridized carbons (Fsp3) is 0.0909. The second-order valence-electron chi connectivity index (χ2n) is 3.14. The van der Waals surface area contributed by atoms with Gasteiger partial charge in [-0.25, -0.2) is 9.78 Å². The van der Waals surface area contributed by atoms with Crippen molar-refractivity contribution in [3.63, 3.8) is 0 Å². The van der Waals surface area contributed by atoms with E-state index in [-0.39, 0.29) is 0 Å². The summed E-state index contributed by atoms with van der Waals surface area (Å²) in [4.78, 5) is 17.7. The van der Waals surface area contributed by atoms with Crippen LogP contribution < -0.4 is 0 Å². The number of aromatic nitrogens is 2. The minimum atomic E-state index is 0.602. The molecule has 74 valence electrons. The summed E-state index contributed by atoms with van der Waals surface area (Å²) >= 11 is 0. The van der Waals surface area contributed by atoms with Crippen LogP contribution in [0.15, 0.2) is 41.8 Å². The van der Waals surface area contributed by atoms with Gasteiger partial charge in [-0.05, 0) is 31.2 Å². The molecule has 0 N–H and O–H groups in total. The Labute approximate surface area is 86.9 Å². The number of nitrogens with zero attached hydrogens (tertiary/aromatic N) is 3. The quantitative estimate of drug-likeness (QED) is 0.549. The highest BCUT2D eigenvalue weighted by Gasteiger charge is 1.97. The van der Waals surface area contributed by atoms with E-state index in [9.17, 15) is 4.79 Å². The Bertz CT molecular complexity index is 507. The molecular weight excluding hydrogens is 190 g/mol. The van der Waals surface area contributed by atoms with Crippen molar-refractivity contribution < 1.29 is 4.79 Å². The lowest BCUT2D eigenvalue weighted by Gasteiger charge is -2.00. The fourth-order valence-corrected chi connectivity index (χ4v) is 1.31. The van der Waals surface area contributed by atoms with Crippen LogP contribution in [0.3, 0.4) is 0 Å². The average Bonchev–Trinajstić information content (AvgIpc) is 2.67. The highest BCUT2D eigenvalue weighted by atomic mass is 16.1. The van der Waals surface area contributed by atoms with E-state index in [0.29, 0.717) is 5.69 Å². The van der Waals surface area contributed by atoms with Crippen LogP contribution in [0.4, 0.5) is 5.69 Å². The van der Waals surface area contributed by atoms with Gasteiger partial charge in [0.2, 0.25) is 6.08 Å². The largest absolute Gasteiger partial charge is 0.306 e. The van der Waals surface area contributed by atoms with Crippen LogP contribution in [0.1, 0.15) is 5.69 Å². The van der Waals surface area contributed by atoms with Gasteiger partial charge >= 0.3 is 0 Å². The first-order chi connectivity index (χ1) is 7.29. The molecule has 0 amide bonds. The Hall–Kier alpha value is -2.19. The molecule has 0 unspecified atom stereocenters. The Morgan fingerprint density at radius 1 is 1.33 bits per heavy atom. The molecule has 2 aromatic rings. The van der Waals surface area contributed by atoms with Gasteiger partial charge in [0.15, 0.2) is 0 Å². The molecule has 4 heteroatoms. The number of aliphatic imine (C=N–C) groups is 1. The Kier molecular flexibility index (Phi) is 2.44. The van der Waals surface area contributed by atoms with Crippen molar-refractivity contribution in [2.24, 2.45) is 4.99 Å². The van der Waals surface area contributed by atoms with E-state index >= 15 is 0 Å². The molecule has 0 atom stereocenters. The molecule has 0 spiro atoms. The number of carbonyl (C=O) groups excluding carboxylic acids is 1. The predicted octanol–water partition coefficient (Wildman–Crippen LogP) is 2.15. The van der Waals surface area contributed by atoms with Gasteiger partial charge in [-0.3, -0.25) is 0 Å². The molecule has 1 aromatic heterocycles. The van der Waals surface area contributed by atoms with Gasteiger partial charge in [-0.1, -0.05) is 0 Å². The van der Waals surface area contributed by atoms with Crippen LogP contribution >= 0.6 is 0 Å². The second kappa shape index (κ2) is 3.90. The maximum absolute atomic E-state index is 10.0. The maximum Gasteiger partial charge on any atom is 0.240 e. The van der Waals surface area contributed by atoms with Crippen LogP contribution in [-0.2, 0) is 4.79 Å². The summed E-state index contributed by atoms with van der Waals surface area (Å²) in [6.07, 6.45) is 5.18.